The maximum atomic E-state index is 14.7. The Labute approximate surface area is 177 Å². The second-order valence-corrected chi connectivity index (χ2v) is 7.93. The Hall–Kier alpha value is -3.10. The molecule has 162 valence electrons. The molecule has 0 unspecified atom stereocenters. The van der Waals surface area contributed by atoms with Gasteiger partial charge < -0.3 is 19.9 Å². The fraction of sp³-hybridized carbons (Fsp3) is 0.304. The first-order valence-corrected chi connectivity index (χ1v) is 10.0. The normalized spacial score (nSPS) is 17.8. The first-order valence-electron chi connectivity index (χ1n) is 10.0. The smallest absolute Gasteiger partial charge is 0.261 e. The molecule has 0 radical (unpaired) electrons. The topological polar surface area (TPSA) is 74.6 Å². The third-order valence-electron chi connectivity index (χ3n) is 5.83. The molecule has 0 bridgehead atoms. The molecule has 1 aliphatic heterocycles. The lowest BCUT2D eigenvalue weighted by molar-refractivity contribution is 0.0783. The molecule has 1 amide bonds. The SMILES string of the molecule is Cc1c(C(=O)N[C@@H](O)c2cccc(F)c2)c2cccc(F)c2c(=O)n1[C@@H]1CCN(C)C1. The number of rotatable bonds is 4. The molecule has 4 rings (SSSR count). The molecule has 1 aliphatic rings. The fourth-order valence-electron chi connectivity index (χ4n) is 4.34. The molecule has 2 atom stereocenters. The molecule has 2 aromatic carbocycles. The number of halogens is 2. The van der Waals surface area contributed by atoms with Crippen LogP contribution in [0, 0.1) is 18.6 Å². The molecule has 0 aliphatic carbocycles. The predicted octanol–water partition coefficient (Wildman–Crippen LogP) is 2.89. The van der Waals surface area contributed by atoms with Crippen LogP contribution in [0.5, 0.6) is 0 Å². The number of aliphatic hydroxyl groups is 1. The van der Waals surface area contributed by atoms with Gasteiger partial charge in [0, 0.05) is 23.2 Å². The van der Waals surface area contributed by atoms with Crippen molar-refractivity contribution < 1.29 is 18.7 Å². The Morgan fingerprint density at radius 2 is 1.97 bits per heavy atom. The highest BCUT2D eigenvalue weighted by atomic mass is 19.1. The van der Waals surface area contributed by atoms with Gasteiger partial charge in [-0.05, 0) is 45.1 Å². The van der Waals surface area contributed by atoms with Gasteiger partial charge in [0.1, 0.15) is 11.6 Å². The van der Waals surface area contributed by atoms with E-state index in [0.717, 1.165) is 12.6 Å². The van der Waals surface area contributed by atoms with E-state index in [-0.39, 0.29) is 27.9 Å². The van der Waals surface area contributed by atoms with Gasteiger partial charge in [0.05, 0.1) is 17.0 Å². The maximum absolute atomic E-state index is 14.7. The number of hydrogen-bond donors (Lipinski definition) is 2. The van der Waals surface area contributed by atoms with Crippen molar-refractivity contribution in [3.05, 3.63) is 81.3 Å². The largest absolute Gasteiger partial charge is 0.369 e. The van der Waals surface area contributed by atoms with E-state index in [1.807, 2.05) is 7.05 Å². The quantitative estimate of drug-likeness (QED) is 0.628. The third-order valence-corrected chi connectivity index (χ3v) is 5.83. The number of amides is 1. The summed E-state index contributed by atoms with van der Waals surface area (Å²) in [6.07, 6.45) is -0.770. The minimum absolute atomic E-state index is 0.110. The van der Waals surface area contributed by atoms with Crippen molar-refractivity contribution in [2.24, 2.45) is 0 Å². The number of nitrogens with zero attached hydrogens (tertiary/aromatic N) is 2. The van der Waals surface area contributed by atoms with Gasteiger partial charge in [-0.25, -0.2) is 8.78 Å². The molecule has 0 saturated carbocycles. The van der Waals surface area contributed by atoms with Gasteiger partial charge in [-0.15, -0.1) is 0 Å². The number of hydrogen-bond acceptors (Lipinski definition) is 4. The highest BCUT2D eigenvalue weighted by Gasteiger charge is 2.29. The van der Waals surface area contributed by atoms with Crippen molar-refractivity contribution in [3.63, 3.8) is 0 Å². The highest BCUT2D eigenvalue weighted by molar-refractivity contribution is 6.08. The number of fused-ring (bicyclic) bond motifs is 1. The number of nitrogens with one attached hydrogen (secondary N) is 1. The van der Waals surface area contributed by atoms with Crippen LogP contribution < -0.4 is 10.9 Å². The van der Waals surface area contributed by atoms with Crippen LogP contribution in [0.25, 0.3) is 10.8 Å². The van der Waals surface area contributed by atoms with Gasteiger partial charge in [-0.3, -0.25) is 9.59 Å². The van der Waals surface area contributed by atoms with E-state index in [1.54, 1.807) is 6.92 Å². The molecule has 1 fully saturated rings. The van der Waals surface area contributed by atoms with Gasteiger partial charge in [0.25, 0.3) is 11.5 Å². The molecule has 1 saturated heterocycles. The molecule has 2 heterocycles. The zero-order valence-corrected chi connectivity index (χ0v) is 17.2. The van der Waals surface area contributed by atoms with Gasteiger partial charge in [-0.1, -0.05) is 24.3 Å². The molecule has 6 nitrogen and oxygen atoms in total. The summed E-state index contributed by atoms with van der Waals surface area (Å²) in [5.74, 6) is -1.93. The Kier molecular flexibility index (Phi) is 5.60. The van der Waals surface area contributed by atoms with E-state index < -0.39 is 29.3 Å². The lowest BCUT2D eigenvalue weighted by Crippen LogP contribution is -2.35. The maximum Gasteiger partial charge on any atom is 0.261 e. The zero-order valence-electron chi connectivity index (χ0n) is 17.2. The van der Waals surface area contributed by atoms with Gasteiger partial charge in [0.15, 0.2) is 6.23 Å². The highest BCUT2D eigenvalue weighted by Crippen LogP contribution is 2.27. The number of likely N-dealkylation sites (tertiary alicyclic amines) is 1. The molecule has 0 spiro atoms. The van der Waals surface area contributed by atoms with Crippen LogP contribution in [0.15, 0.2) is 47.3 Å². The van der Waals surface area contributed by atoms with Crippen LogP contribution in [0.4, 0.5) is 8.78 Å². The summed E-state index contributed by atoms with van der Waals surface area (Å²) >= 11 is 0. The Balaban J connectivity index is 1.83. The number of aromatic nitrogens is 1. The average Bonchev–Trinajstić information content (AvgIpc) is 3.13. The average molecular weight is 427 g/mol. The number of likely N-dealkylation sites (N-methyl/N-ethyl adjacent to an activating group) is 1. The van der Waals surface area contributed by atoms with E-state index in [2.05, 4.69) is 10.2 Å². The standard InChI is InChI=1S/C23H23F2N3O3/c1-13-19(22(30)26-21(29)14-5-3-6-15(24)11-14)17-7-4-8-18(25)20(17)23(31)28(13)16-9-10-27(2)12-16/h3-8,11,16,21,29H,9-10,12H2,1-2H3,(H,26,30)/t16-,21+/m1/s1. The van der Waals surface area contributed by atoms with Crippen LogP contribution in [0.3, 0.4) is 0 Å². The van der Waals surface area contributed by atoms with E-state index >= 15 is 0 Å². The van der Waals surface area contributed by atoms with Crippen LogP contribution in [0.1, 0.15) is 40.3 Å². The third kappa shape index (κ3) is 3.84. The minimum Gasteiger partial charge on any atom is -0.369 e. The van der Waals surface area contributed by atoms with Crippen LogP contribution in [-0.2, 0) is 0 Å². The summed E-state index contributed by atoms with van der Waals surface area (Å²) in [7, 11) is 1.94. The molecule has 8 heteroatoms. The molecule has 2 N–H and O–H groups in total. The second kappa shape index (κ2) is 8.20. The first-order chi connectivity index (χ1) is 14.8. The molecule has 3 aromatic rings. The van der Waals surface area contributed by atoms with Crippen LogP contribution >= 0.6 is 0 Å². The lowest BCUT2D eigenvalue weighted by Gasteiger charge is -2.22. The molecule has 31 heavy (non-hydrogen) atoms. The minimum atomic E-state index is -1.47. The summed E-state index contributed by atoms with van der Waals surface area (Å²) in [5, 5.41) is 12.9. The first kappa shape index (κ1) is 21.1. The number of aliphatic hydroxyl groups excluding tert-OH is 1. The van der Waals surface area contributed by atoms with Gasteiger partial charge in [-0.2, -0.15) is 0 Å². The summed E-state index contributed by atoms with van der Waals surface area (Å²) < 4.78 is 29.7. The second-order valence-electron chi connectivity index (χ2n) is 7.93. The Bertz CT molecular complexity index is 1220. The fourth-order valence-corrected chi connectivity index (χ4v) is 4.34. The van der Waals surface area contributed by atoms with Crippen molar-refractivity contribution in [1.29, 1.82) is 0 Å². The van der Waals surface area contributed by atoms with E-state index in [0.29, 0.717) is 18.7 Å². The van der Waals surface area contributed by atoms with E-state index in [9.17, 15) is 23.5 Å². The molecule has 1 aromatic heterocycles. The van der Waals surface area contributed by atoms with Crippen molar-refractivity contribution in [2.75, 3.05) is 20.1 Å². The van der Waals surface area contributed by atoms with Crippen molar-refractivity contribution in [3.8, 4) is 0 Å². The number of benzene rings is 2. The van der Waals surface area contributed by atoms with Crippen LogP contribution in [0.2, 0.25) is 0 Å². The number of carbonyl (C=O) groups excluding carboxylic acids is 1. The molecular formula is C23H23F2N3O3. The monoisotopic (exact) mass is 427 g/mol. The van der Waals surface area contributed by atoms with E-state index in [1.165, 1.54) is 41.0 Å². The van der Waals surface area contributed by atoms with Gasteiger partial charge in [0.2, 0.25) is 0 Å². The van der Waals surface area contributed by atoms with Crippen molar-refractivity contribution >= 4 is 16.7 Å². The van der Waals surface area contributed by atoms with Crippen molar-refractivity contribution in [2.45, 2.75) is 25.6 Å². The molecular weight excluding hydrogens is 404 g/mol. The zero-order chi connectivity index (χ0) is 22.3. The van der Waals surface area contributed by atoms with Crippen molar-refractivity contribution in [1.82, 2.24) is 14.8 Å². The van der Waals surface area contributed by atoms with E-state index in [4.69, 9.17) is 0 Å². The summed E-state index contributed by atoms with van der Waals surface area (Å²) in [5.41, 5.74) is 0.201. The van der Waals surface area contributed by atoms with Gasteiger partial charge >= 0.3 is 0 Å². The summed E-state index contributed by atoms with van der Waals surface area (Å²) in [6.45, 7) is 3.03. The Morgan fingerprint density at radius 1 is 1.23 bits per heavy atom. The summed E-state index contributed by atoms with van der Waals surface area (Å²) in [4.78, 5) is 28.5. The van der Waals surface area contributed by atoms with Crippen LogP contribution in [-0.4, -0.2) is 40.6 Å². The predicted molar refractivity (Wildman–Crippen MR) is 113 cm³/mol. The summed E-state index contributed by atoms with van der Waals surface area (Å²) in [6, 6.07) is 9.19. The number of carbonyl (C=O) groups is 1. The Morgan fingerprint density at radius 3 is 2.65 bits per heavy atom. The number of pyridine rings is 1. The lowest BCUT2D eigenvalue weighted by atomic mass is 10.0.